The van der Waals surface area contributed by atoms with E-state index in [4.69, 9.17) is 16.3 Å². The first-order valence-corrected chi connectivity index (χ1v) is 9.37. The van der Waals surface area contributed by atoms with Gasteiger partial charge >= 0.3 is 0 Å². The van der Waals surface area contributed by atoms with E-state index in [1.807, 2.05) is 36.1 Å². The molecular weight excluding hydrogens is 428 g/mol. The van der Waals surface area contributed by atoms with Gasteiger partial charge in [0.2, 0.25) is 0 Å². The number of nitrogens with zero attached hydrogens (tertiary/aromatic N) is 2. The summed E-state index contributed by atoms with van der Waals surface area (Å²) in [6.45, 7) is 3.67. The molecule has 0 fully saturated rings. The van der Waals surface area contributed by atoms with Gasteiger partial charge in [-0.1, -0.05) is 11.6 Å². The molecule has 0 bridgehead atoms. The molecule has 0 saturated heterocycles. The maximum Gasteiger partial charge on any atom is 0.182 e. The van der Waals surface area contributed by atoms with Crippen LogP contribution in [-0.2, 0) is 0 Å². The van der Waals surface area contributed by atoms with Gasteiger partial charge in [0.05, 0.1) is 13.2 Å². The molecule has 0 atom stereocenters. The van der Waals surface area contributed by atoms with Crippen LogP contribution < -0.4 is 9.64 Å². The third kappa shape index (κ3) is 5.81. The molecule has 4 nitrogen and oxygen atoms in total. The Hall–Kier alpha value is -1.85. The molecule has 6 heteroatoms. The molecular formula is C21H24BrClN2O2. The van der Waals surface area contributed by atoms with Crippen molar-refractivity contribution in [3.63, 3.8) is 0 Å². The molecule has 0 aromatic heterocycles. The van der Waals surface area contributed by atoms with E-state index >= 15 is 0 Å². The zero-order valence-electron chi connectivity index (χ0n) is 15.4. The third-order valence-electron chi connectivity index (χ3n) is 4.34. The largest absolute Gasteiger partial charge is 0.494 e. The van der Waals surface area contributed by atoms with E-state index in [0.717, 1.165) is 43.1 Å². The number of ketones is 1. The van der Waals surface area contributed by atoms with Crippen LogP contribution in [0.15, 0.2) is 53.5 Å². The lowest BCUT2D eigenvalue weighted by atomic mass is 10.1. The van der Waals surface area contributed by atoms with E-state index in [0.29, 0.717) is 17.2 Å². The minimum atomic E-state index is 0. The van der Waals surface area contributed by atoms with Crippen molar-refractivity contribution >= 4 is 45.9 Å². The first kappa shape index (κ1) is 21.5. The van der Waals surface area contributed by atoms with Crippen molar-refractivity contribution in [2.45, 2.75) is 26.2 Å². The molecule has 2 aromatic rings. The van der Waals surface area contributed by atoms with Gasteiger partial charge in [0.25, 0.3) is 0 Å². The number of anilines is 1. The Kier molecular flexibility index (Phi) is 8.32. The second-order valence-electron chi connectivity index (χ2n) is 6.20. The lowest BCUT2D eigenvalue weighted by Crippen LogP contribution is -2.37. The molecule has 2 aromatic carbocycles. The van der Waals surface area contributed by atoms with Crippen LogP contribution in [0.5, 0.6) is 5.75 Å². The molecule has 1 heterocycles. The molecule has 27 heavy (non-hydrogen) atoms. The summed E-state index contributed by atoms with van der Waals surface area (Å²) in [4.78, 5) is 19.5. The summed E-state index contributed by atoms with van der Waals surface area (Å²) in [7, 11) is 0. The Morgan fingerprint density at radius 2 is 1.81 bits per heavy atom. The lowest BCUT2D eigenvalue weighted by Gasteiger charge is -2.28. The van der Waals surface area contributed by atoms with Crippen molar-refractivity contribution in [2.75, 3.05) is 24.6 Å². The van der Waals surface area contributed by atoms with Gasteiger partial charge in [0, 0.05) is 29.2 Å². The Balaban J connectivity index is 0.00000261. The Morgan fingerprint density at radius 3 is 2.41 bits per heavy atom. The van der Waals surface area contributed by atoms with Crippen molar-refractivity contribution in [3.05, 3.63) is 59.1 Å². The molecule has 0 aliphatic carbocycles. The van der Waals surface area contributed by atoms with Crippen molar-refractivity contribution in [1.82, 2.24) is 0 Å². The van der Waals surface area contributed by atoms with Crippen molar-refractivity contribution < 1.29 is 9.53 Å². The highest BCUT2D eigenvalue weighted by Crippen LogP contribution is 2.23. The SMILES string of the molecule is Br.CCOc1ccc(N(CC(=O)c2ccc(Cl)cc2)C2=NCCCC2)cc1. The van der Waals surface area contributed by atoms with Crippen LogP contribution in [0, 0.1) is 0 Å². The normalized spacial score (nSPS) is 13.3. The Labute approximate surface area is 176 Å². The fourth-order valence-electron chi connectivity index (χ4n) is 2.99. The van der Waals surface area contributed by atoms with Crippen LogP contribution in [0.25, 0.3) is 0 Å². The summed E-state index contributed by atoms with van der Waals surface area (Å²) >= 11 is 5.93. The highest BCUT2D eigenvalue weighted by Gasteiger charge is 2.20. The summed E-state index contributed by atoms with van der Waals surface area (Å²) in [5.74, 6) is 1.84. The highest BCUT2D eigenvalue weighted by molar-refractivity contribution is 8.93. The average molecular weight is 452 g/mol. The number of Topliss-reactive ketones (excluding diaryl/α,β-unsaturated/α-hetero) is 1. The number of aliphatic imine (C=N–C) groups is 1. The van der Waals surface area contributed by atoms with Crippen molar-refractivity contribution in [3.8, 4) is 5.75 Å². The molecule has 0 N–H and O–H groups in total. The number of halogens is 2. The summed E-state index contributed by atoms with van der Waals surface area (Å²) < 4.78 is 5.52. The quantitative estimate of drug-likeness (QED) is 0.538. The summed E-state index contributed by atoms with van der Waals surface area (Å²) in [6.07, 6.45) is 3.09. The maximum atomic E-state index is 12.8. The monoisotopic (exact) mass is 450 g/mol. The molecule has 0 saturated carbocycles. The van der Waals surface area contributed by atoms with E-state index < -0.39 is 0 Å². The summed E-state index contributed by atoms with van der Waals surface area (Å²) in [5.41, 5.74) is 1.61. The summed E-state index contributed by atoms with van der Waals surface area (Å²) in [6, 6.07) is 14.9. The van der Waals surface area contributed by atoms with Gasteiger partial charge in [-0.15, -0.1) is 17.0 Å². The Morgan fingerprint density at radius 1 is 1.11 bits per heavy atom. The fourth-order valence-corrected chi connectivity index (χ4v) is 3.12. The number of hydrogen-bond donors (Lipinski definition) is 0. The zero-order valence-corrected chi connectivity index (χ0v) is 17.8. The van der Waals surface area contributed by atoms with Gasteiger partial charge in [0.15, 0.2) is 5.78 Å². The smallest absolute Gasteiger partial charge is 0.182 e. The molecule has 0 unspecified atom stereocenters. The molecule has 1 aliphatic heterocycles. The standard InChI is InChI=1S/C21H23ClN2O2.BrH/c1-2-26-19-12-10-18(11-13-19)24(21-5-3-4-14-23-21)15-20(25)16-6-8-17(22)9-7-16;/h6-13H,2-5,14-15H2,1H3;1H. The van der Waals surface area contributed by atoms with Gasteiger partial charge in [0.1, 0.15) is 11.6 Å². The van der Waals surface area contributed by atoms with Crippen molar-refractivity contribution in [1.29, 1.82) is 0 Å². The van der Waals surface area contributed by atoms with Crippen LogP contribution in [0.2, 0.25) is 5.02 Å². The molecule has 1 aliphatic rings. The second kappa shape index (κ2) is 10.5. The number of amidine groups is 1. The van der Waals surface area contributed by atoms with Crippen LogP contribution in [0.4, 0.5) is 5.69 Å². The van der Waals surface area contributed by atoms with E-state index in [2.05, 4.69) is 4.99 Å². The molecule has 0 radical (unpaired) electrons. The van der Waals surface area contributed by atoms with Gasteiger partial charge in [-0.2, -0.15) is 0 Å². The Bertz CT molecular complexity index is 776. The van der Waals surface area contributed by atoms with Crippen LogP contribution in [0.1, 0.15) is 36.5 Å². The van der Waals surface area contributed by atoms with E-state index in [9.17, 15) is 4.79 Å². The van der Waals surface area contributed by atoms with E-state index in [-0.39, 0.29) is 29.3 Å². The van der Waals surface area contributed by atoms with Gasteiger partial charge in [-0.3, -0.25) is 9.79 Å². The topological polar surface area (TPSA) is 41.9 Å². The number of ether oxygens (including phenoxy) is 1. The summed E-state index contributed by atoms with van der Waals surface area (Å²) in [5, 5.41) is 0.626. The number of carbonyl (C=O) groups excluding carboxylic acids is 1. The van der Waals surface area contributed by atoms with Crippen LogP contribution >= 0.6 is 28.6 Å². The number of hydrogen-bond acceptors (Lipinski definition) is 4. The van der Waals surface area contributed by atoms with Crippen LogP contribution in [0.3, 0.4) is 0 Å². The van der Waals surface area contributed by atoms with Crippen molar-refractivity contribution in [2.24, 2.45) is 4.99 Å². The highest BCUT2D eigenvalue weighted by atomic mass is 79.9. The predicted octanol–water partition coefficient (Wildman–Crippen LogP) is 5.59. The van der Waals surface area contributed by atoms with E-state index in [1.165, 1.54) is 0 Å². The lowest BCUT2D eigenvalue weighted by molar-refractivity contribution is 0.100. The molecule has 144 valence electrons. The molecule has 0 amide bonds. The van der Waals surface area contributed by atoms with Gasteiger partial charge in [-0.25, -0.2) is 0 Å². The molecule has 0 spiro atoms. The maximum absolute atomic E-state index is 12.8. The van der Waals surface area contributed by atoms with Crippen LogP contribution in [-0.4, -0.2) is 31.3 Å². The number of benzene rings is 2. The fraction of sp³-hybridized carbons (Fsp3) is 0.333. The number of rotatable bonds is 6. The first-order valence-electron chi connectivity index (χ1n) is 9.00. The van der Waals surface area contributed by atoms with Gasteiger partial charge < -0.3 is 9.64 Å². The zero-order chi connectivity index (χ0) is 18.4. The average Bonchev–Trinajstić information content (AvgIpc) is 2.68. The predicted molar refractivity (Wildman–Crippen MR) is 117 cm³/mol. The molecule has 3 rings (SSSR count). The van der Waals surface area contributed by atoms with E-state index in [1.54, 1.807) is 24.3 Å². The minimum Gasteiger partial charge on any atom is -0.494 e. The second-order valence-corrected chi connectivity index (χ2v) is 6.63. The third-order valence-corrected chi connectivity index (χ3v) is 4.59. The van der Waals surface area contributed by atoms with Gasteiger partial charge in [-0.05, 0) is 68.3 Å². The number of carbonyl (C=O) groups is 1. The first-order chi connectivity index (χ1) is 12.7. The minimum absolute atomic E-state index is 0.